The molecule has 0 aromatic heterocycles. The lowest BCUT2D eigenvalue weighted by molar-refractivity contribution is -0.145. The molecule has 0 saturated heterocycles. The summed E-state index contributed by atoms with van der Waals surface area (Å²) in [5.74, 6) is -0.0326. The van der Waals surface area contributed by atoms with Gasteiger partial charge in [0.1, 0.15) is 11.8 Å². The zero-order chi connectivity index (χ0) is 13.4. The van der Waals surface area contributed by atoms with Crippen LogP contribution in [0.1, 0.15) is 18.1 Å². The first-order chi connectivity index (χ1) is 8.71. The van der Waals surface area contributed by atoms with Gasteiger partial charge in [0.15, 0.2) is 6.61 Å². The first kappa shape index (κ1) is 14.5. The molecule has 0 spiro atoms. The average molecular weight is 312 g/mol. The lowest BCUT2D eigenvalue weighted by Gasteiger charge is -2.08. The molecule has 0 radical (unpaired) electrons. The van der Waals surface area contributed by atoms with E-state index in [2.05, 4.69) is 22.0 Å². The topological polar surface area (TPSA) is 59.3 Å². The van der Waals surface area contributed by atoms with E-state index in [0.717, 1.165) is 17.3 Å². The summed E-state index contributed by atoms with van der Waals surface area (Å²) in [6.45, 7) is 1.87. The first-order valence-electron chi connectivity index (χ1n) is 5.58. The van der Waals surface area contributed by atoms with Gasteiger partial charge in [-0.1, -0.05) is 22.0 Å². The molecule has 1 aromatic carbocycles. The number of halogens is 1. The van der Waals surface area contributed by atoms with Gasteiger partial charge in [0, 0.05) is 5.33 Å². The van der Waals surface area contributed by atoms with E-state index in [1.54, 1.807) is 19.1 Å². The number of carbonyl (C=O) groups excluding carboxylic acids is 1. The van der Waals surface area contributed by atoms with Crippen LogP contribution < -0.4 is 4.74 Å². The Morgan fingerprint density at radius 3 is 2.89 bits per heavy atom. The predicted octanol–water partition coefficient (Wildman–Crippen LogP) is 2.44. The Hall–Kier alpha value is -1.54. The van der Waals surface area contributed by atoms with Crippen molar-refractivity contribution < 1.29 is 14.3 Å². The van der Waals surface area contributed by atoms with Crippen molar-refractivity contribution in [2.24, 2.45) is 0 Å². The van der Waals surface area contributed by atoms with Crippen LogP contribution in [0.25, 0.3) is 0 Å². The smallest absolute Gasteiger partial charge is 0.344 e. The highest BCUT2D eigenvalue weighted by Gasteiger charge is 2.08. The molecule has 18 heavy (non-hydrogen) atoms. The third-order valence-corrected chi connectivity index (χ3v) is 2.59. The maximum atomic E-state index is 11.1. The molecule has 0 saturated carbocycles. The predicted molar refractivity (Wildman–Crippen MR) is 70.8 cm³/mol. The van der Waals surface area contributed by atoms with Gasteiger partial charge >= 0.3 is 5.97 Å². The van der Waals surface area contributed by atoms with Crippen molar-refractivity contribution in [1.82, 2.24) is 0 Å². The fourth-order valence-electron chi connectivity index (χ4n) is 1.39. The van der Waals surface area contributed by atoms with E-state index in [1.165, 1.54) is 0 Å². The molecule has 4 nitrogen and oxygen atoms in total. The van der Waals surface area contributed by atoms with Crippen LogP contribution in [0.4, 0.5) is 0 Å². The van der Waals surface area contributed by atoms with E-state index in [4.69, 9.17) is 14.7 Å². The molecular weight excluding hydrogens is 298 g/mol. The lowest BCUT2D eigenvalue weighted by Crippen LogP contribution is -2.15. The summed E-state index contributed by atoms with van der Waals surface area (Å²) < 4.78 is 10.0. The van der Waals surface area contributed by atoms with Gasteiger partial charge in [-0.3, -0.25) is 0 Å². The molecule has 0 unspecified atom stereocenters. The summed E-state index contributed by atoms with van der Waals surface area (Å²) >= 11 is 3.34. The Labute approximate surface area is 115 Å². The monoisotopic (exact) mass is 311 g/mol. The standard InChI is InChI=1S/C13H14BrNO3/c1-2-17-13(16)9-18-12-4-3-10(5-6-14)7-11(12)8-15/h3-4,7H,2,5-6,9H2,1H3. The Balaban J connectivity index is 2.71. The van der Waals surface area contributed by atoms with Gasteiger partial charge in [-0.25, -0.2) is 4.79 Å². The van der Waals surface area contributed by atoms with Crippen LogP contribution >= 0.6 is 15.9 Å². The number of hydrogen-bond acceptors (Lipinski definition) is 4. The number of ether oxygens (including phenoxy) is 2. The SMILES string of the molecule is CCOC(=O)COc1ccc(CCBr)cc1C#N. The molecule has 5 heteroatoms. The fraction of sp³-hybridized carbons (Fsp3) is 0.385. The Bertz CT molecular complexity index is 454. The molecule has 96 valence electrons. The minimum Gasteiger partial charge on any atom is -0.481 e. The minimum absolute atomic E-state index is 0.180. The third kappa shape index (κ3) is 4.38. The van der Waals surface area contributed by atoms with Crippen LogP contribution in [0.15, 0.2) is 18.2 Å². The molecule has 0 heterocycles. The van der Waals surface area contributed by atoms with Crippen molar-refractivity contribution in [2.45, 2.75) is 13.3 Å². The van der Waals surface area contributed by atoms with Crippen molar-refractivity contribution in [1.29, 1.82) is 5.26 Å². The van der Waals surface area contributed by atoms with E-state index >= 15 is 0 Å². The maximum absolute atomic E-state index is 11.1. The van der Waals surface area contributed by atoms with Gasteiger partial charge < -0.3 is 9.47 Å². The van der Waals surface area contributed by atoms with Crippen LogP contribution in [0, 0.1) is 11.3 Å². The molecule has 0 bridgehead atoms. The summed E-state index contributed by atoms with van der Waals surface area (Å²) in [5, 5.41) is 9.86. The summed E-state index contributed by atoms with van der Waals surface area (Å²) in [5.41, 5.74) is 1.48. The van der Waals surface area contributed by atoms with Gasteiger partial charge in [0.05, 0.1) is 12.2 Å². The molecule has 0 N–H and O–H groups in total. The number of hydrogen-bond donors (Lipinski definition) is 0. The third-order valence-electron chi connectivity index (χ3n) is 2.20. The van der Waals surface area contributed by atoms with E-state index in [0.29, 0.717) is 17.9 Å². The van der Waals surface area contributed by atoms with Crippen LogP contribution in [-0.2, 0) is 16.0 Å². The van der Waals surface area contributed by atoms with Crippen molar-refractivity contribution in [2.75, 3.05) is 18.5 Å². The number of carbonyl (C=O) groups is 1. The van der Waals surface area contributed by atoms with E-state index in [1.807, 2.05) is 6.07 Å². The summed E-state index contributed by atoms with van der Waals surface area (Å²) in [7, 11) is 0. The number of alkyl halides is 1. The molecule has 1 aromatic rings. The Kier molecular flexibility index (Phi) is 6.23. The second-order valence-electron chi connectivity index (χ2n) is 3.47. The lowest BCUT2D eigenvalue weighted by atomic mass is 10.1. The maximum Gasteiger partial charge on any atom is 0.344 e. The second-order valence-corrected chi connectivity index (χ2v) is 4.27. The molecule has 0 fully saturated rings. The Morgan fingerprint density at radius 1 is 1.50 bits per heavy atom. The largest absolute Gasteiger partial charge is 0.481 e. The number of rotatable bonds is 6. The van der Waals surface area contributed by atoms with Crippen LogP contribution in [0.2, 0.25) is 0 Å². The van der Waals surface area contributed by atoms with Gasteiger partial charge in [-0.05, 0) is 31.0 Å². The Morgan fingerprint density at radius 2 is 2.28 bits per heavy atom. The zero-order valence-corrected chi connectivity index (χ0v) is 11.7. The second kappa shape index (κ2) is 7.72. The number of esters is 1. The molecule has 0 aliphatic rings. The van der Waals surface area contributed by atoms with Crippen molar-refractivity contribution >= 4 is 21.9 Å². The van der Waals surface area contributed by atoms with Gasteiger partial charge in [0.2, 0.25) is 0 Å². The van der Waals surface area contributed by atoms with Crippen molar-refractivity contribution in [3.05, 3.63) is 29.3 Å². The van der Waals surface area contributed by atoms with Crippen molar-refractivity contribution in [3.63, 3.8) is 0 Å². The van der Waals surface area contributed by atoms with Gasteiger partial charge in [-0.2, -0.15) is 5.26 Å². The van der Waals surface area contributed by atoms with Gasteiger partial charge in [-0.15, -0.1) is 0 Å². The molecular formula is C13H14BrNO3. The highest BCUT2D eigenvalue weighted by Crippen LogP contribution is 2.20. The molecule has 1 rings (SSSR count). The molecule has 0 aliphatic heterocycles. The summed E-state index contributed by atoms with van der Waals surface area (Å²) in [4.78, 5) is 11.1. The molecule has 0 atom stereocenters. The van der Waals surface area contributed by atoms with Crippen molar-refractivity contribution in [3.8, 4) is 11.8 Å². The fourth-order valence-corrected chi connectivity index (χ4v) is 1.85. The zero-order valence-electron chi connectivity index (χ0n) is 10.1. The van der Waals surface area contributed by atoms with E-state index in [-0.39, 0.29) is 6.61 Å². The van der Waals surface area contributed by atoms with E-state index < -0.39 is 5.97 Å². The molecule has 0 aliphatic carbocycles. The summed E-state index contributed by atoms with van der Waals surface area (Å²) in [6.07, 6.45) is 0.840. The average Bonchev–Trinajstić information content (AvgIpc) is 2.37. The van der Waals surface area contributed by atoms with E-state index in [9.17, 15) is 4.79 Å². The highest BCUT2D eigenvalue weighted by atomic mass is 79.9. The first-order valence-corrected chi connectivity index (χ1v) is 6.70. The molecule has 0 amide bonds. The quantitative estimate of drug-likeness (QED) is 0.598. The minimum atomic E-state index is -0.439. The number of nitrogens with zero attached hydrogens (tertiary/aromatic N) is 1. The van der Waals surface area contributed by atoms with Crippen LogP contribution in [-0.4, -0.2) is 24.5 Å². The number of aryl methyl sites for hydroxylation is 1. The normalized spacial score (nSPS) is 9.61. The number of benzene rings is 1. The summed E-state index contributed by atoms with van der Waals surface area (Å²) in [6, 6.07) is 7.41. The van der Waals surface area contributed by atoms with Crippen LogP contribution in [0.5, 0.6) is 5.75 Å². The van der Waals surface area contributed by atoms with Gasteiger partial charge in [0.25, 0.3) is 0 Å². The van der Waals surface area contributed by atoms with Crippen LogP contribution in [0.3, 0.4) is 0 Å². The number of nitriles is 1. The highest BCUT2D eigenvalue weighted by molar-refractivity contribution is 9.09.